The summed E-state index contributed by atoms with van der Waals surface area (Å²) in [6, 6.07) is 4.66. The Balaban J connectivity index is 1.53. The van der Waals surface area contributed by atoms with Crippen molar-refractivity contribution in [3.05, 3.63) is 48.4 Å². The van der Waals surface area contributed by atoms with E-state index >= 15 is 0 Å². The molecule has 0 saturated carbocycles. The van der Waals surface area contributed by atoms with Gasteiger partial charge in [0.2, 0.25) is 5.82 Å². The smallest absolute Gasteiger partial charge is 0.202 e. The molecule has 1 atom stereocenters. The standard InChI is InChI=1S/C21H21F2N9O/c1-33-17-5-4-16(18(22)19(17)23)32-21(28-29-30-32)15-7-12(8-26-20(15)24)13-9-27-31(11-13)14-3-2-6-25-10-14/h4-5,7-9,11,14,25H,2-3,6,10H2,1H3,(H2,24,26). The van der Waals surface area contributed by atoms with E-state index in [4.69, 9.17) is 10.5 Å². The zero-order valence-corrected chi connectivity index (χ0v) is 17.7. The predicted molar refractivity (Wildman–Crippen MR) is 116 cm³/mol. The zero-order valence-electron chi connectivity index (χ0n) is 17.7. The number of nitrogens with two attached hydrogens (primary N) is 1. The molecule has 0 radical (unpaired) electrons. The Hall–Kier alpha value is -3.93. The topological polar surface area (TPSA) is 122 Å². The van der Waals surface area contributed by atoms with Crippen molar-refractivity contribution in [3.63, 3.8) is 0 Å². The Bertz CT molecular complexity index is 1300. The fourth-order valence-electron chi connectivity index (χ4n) is 3.92. The lowest BCUT2D eigenvalue weighted by Gasteiger charge is -2.22. The van der Waals surface area contributed by atoms with Crippen LogP contribution in [0.25, 0.3) is 28.2 Å². The van der Waals surface area contributed by atoms with Crippen LogP contribution in [0.1, 0.15) is 18.9 Å². The minimum Gasteiger partial charge on any atom is -0.494 e. The highest BCUT2D eigenvalue weighted by molar-refractivity contribution is 5.76. The van der Waals surface area contributed by atoms with Gasteiger partial charge in [-0.25, -0.2) is 9.37 Å². The van der Waals surface area contributed by atoms with Crippen molar-refractivity contribution in [2.24, 2.45) is 0 Å². The van der Waals surface area contributed by atoms with Crippen molar-refractivity contribution in [1.29, 1.82) is 0 Å². The molecule has 0 aliphatic carbocycles. The number of nitrogens with zero attached hydrogens (tertiary/aromatic N) is 7. The Morgan fingerprint density at radius 2 is 2.06 bits per heavy atom. The normalized spacial score (nSPS) is 16.2. The summed E-state index contributed by atoms with van der Waals surface area (Å²) in [5.41, 5.74) is 7.88. The SMILES string of the molecule is COc1ccc(-n2nnnc2-c2cc(-c3cnn(C4CCCNC4)c3)cnc2N)c(F)c1F. The van der Waals surface area contributed by atoms with Gasteiger partial charge >= 0.3 is 0 Å². The van der Waals surface area contributed by atoms with Crippen LogP contribution in [0.3, 0.4) is 0 Å². The first kappa shape index (κ1) is 20.9. The number of ether oxygens (including phenoxy) is 1. The van der Waals surface area contributed by atoms with Gasteiger partial charge in [0.05, 0.1) is 24.9 Å². The molecule has 4 aromatic rings. The molecule has 3 N–H and O–H groups in total. The quantitative estimate of drug-likeness (QED) is 0.472. The molecule has 3 aromatic heterocycles. The first-order chi connectivity index (χ1) is 16.1. The maximum absolute atomic E-state index is 14.7. The first-order valence-corrected chi connectivity index (χ1v) is 10.4. The van der Waals surface area contributed by atoms with E-state index in [0.29, 0.717) is 5.56 Å². The number of hydrogen-bond acceptors (Lipinski definition) is 8. The van der Waals surface area contributed by atoms with Crippen molar-refractivity contribution in [1.82, 2.24) is 40.3 Å². The molecule has 0 spiro atoms. The summed E-state index contributed by atoms with van der Waals surface area (Å²) in [6.07, 6.45) is 7.49. The molecule has 170 valence electrons. The third kappa shape index (κ3) is 3.78. The second-order valence-corrected chi connectivity index (χ2v) is 7.70. The Morgan fingerprint density at radius 3 is 2.85 bits per heavy atom. The molecule has 1 saturated heterocycles. The molecule has 0 amide bonds. The molecular weight excluding hydrogens is 432 g/mol. The van der Waals surface area contributed by atoms with Crippen molar-refractivity contribution in [3.8, 4) is 34.0 Å². The molecule has 1 unspecified atom stereocenters. The molecule has 10 nitrogen and oxygen atoms in total. The van der Waals surface area contributed by atoms with E-state index in [9.17, 15) is 8.78 Å². The molecule has 0 bridgehead atoms. The van der Waals surface area contributed by atoms with E-state index in [1.54, 1.807) is 18.5 Å². The second kappa shape index (κ2) is 8.54. The van der Waals surface area contributed by atoms with E-state index < -0.39 is 11.6 Å². The van der Waals surface area contributed by atoms with Crippen molar-refractivity contribution < 1.29 is 13.5 Å². The van der Waals surface area contributed by atoms with Crippen LogP contribution in [0.5, 0.6) is 5.75 Å². The number of tetrazole rings is 1. The Labute approximate surface area is 187 Å². The highest BCUT2D eigenvalue weighted by atomic mass is 19.2. The Kier molecular flexibility index (Phi) is 5.42. The number of piperidine rings is 1. The van der Waals surface area contributed by atoms with Gasteiger partial charge in [-0.05, 0) is 48.0 Å². The highest BCUT2D eigenvalue weighted by Gasteiger charge is 2.22. The summed E-state index contributed by atoms with van der Waals surface area (Å²) in [7, 11) is 1.25. The van der Waals surface area contributed by atoms with Crippen LogP contribution in [-0.4, -0.2) is 55.2 Å². The largest absolute Gasteiger partial charge is 0.494 e. The second-order valence-electron chi connectivity index (χ2n) is 7.70. The van der Waals surface area contributed by atoms with Gasteiger partial charge < -0.3 is 15.8 Å². The van der Waals surface area contributed by atoms with E-state index in [0.717, 1.165) is 41.7 Å². The molecule has 1 aliphatic heterocycles. The lowest BCUT2D eigenvalue weighted by atomic mass is 10.1. The average Bonchev–Trinajstić information content (AvgIpc) is 3.52. The number of nitrogen functional groups attached to an aromatic ring is 1. The van der Waals surface area contributed by atoms with Gasteiger partial charge in [0.15, 0.2) is 17.4 Å². The van der Waals surface area contributed by atoms with Crippen molar-refractivity contribution >= 4 is 5.82 Å². The average molecular weight is 453 g/mol. The summed E-state index contributed by atoms with van der Waals surface area (Å²) in [5, 5.41) is 19.3. The van der Waals surface area contributed by atoms with Crippen molar-refractivity contribution in [2.45, 2.75) is 18.9 Å². The van der Waals surface area contributed by atoms with E-state index in [-0.39, 0.29) is 29.1 Å². The fourth-order valence-corrected chi connectivity index (χ4v) is 3.92. The summed E-state index contributed by atoms with van der Waals surface area (Å²) in [5.74, 6) is -2.24. The monoisotopic (exact) mass is 453 g/mol. The predicted octanol–water partition coefficient (Wildman–Crippen LogP) is 2.38. The number of halogens is 2. The van der Waals surface area contributed by atoms with E-state index in [2.05, 4.69) is 30.9 Å². The van der Waals surface area contributed by atoms with E-state index in [1.807, 2.05) is 10.9 Å². The lowest BCUT2D eigenvalue weighted by Crippen LogP contribution is -2.31. The lowest BCUT2D eigenvalue weighted by molar-refractivity contribution is 0.347. The minimum atomic E-state index is -1.15. The van der Waals surface area contributed by atoms with Crippen LogP contribution in [0.15, 0.2) is 36.8 Å². The van der Waals surface area contributed by atoms with Crippen LogP contribution < -0.4 is 15.8 Å². The minimum absolute atomic E-state index is 0.120. The van der Waals surface area contributed by atoms with Gasteiger partial charge in [0.25, 0.3) is 0 Å². The third-order valence-electron chi connectivity index (χ3n) is 5.68. The number of aromatic nitrogens is 7. The molecule has 1 aliphatic rings. The molecule has 4 heterocycles. The van der Waals surface area contributed by atoms with Crippen LogP contribution in [0, 0.1) is 11.6 Å². The molecule has 1 aromatic carbocycles. The number of hydrogen-bond donors (Lipinski definition) is 2. The number of anilines is 1. The maximum Gasteiger partial charge on any atom is 0.202 e. The number of methoxy groups -OCH3 is 1. The van der Waals surface area contributed by atoms with Gasteiger partial charge in [-0.3, -0.25) is 4.68 Å². The number of pyridine rings is 1. The first-order valence-electron chi connectivity index (χ1n) is 10.4. The summed E-state index contributed by atoms with van der Waals surface area (Å²) >= 11 is 0. The van der Waals surface area contributed by atoms with Gasteiger partial charge in [-0.2, -0.15) is 14.2 Å². The zero-order chi connectivity index (χ0) is 22.9. The number of benzene rings is 1. The number of nitrogens with one attached hydrogen (secondary N) is 1. The van der Waals surface area contributed by atoms with Crippen LogP contribution in [0.4, 0.5) is 14.6 Å². The molecule has 33 heavy (non-hydrogen) atoms. The highest BCUT2D eigenvalue weighted by Crippen LogP contribution is 2.31. The van der Waals surface area contributed by atoms with Gasteiger partial charge in [-0.1, -0.05) is 0 Å². The van der Waals surface area contributed by atoms with Crippen molar-refractivity contribution in [2.75, 3.05) is 25.9 Å². The molecular formula is C21H21F2N9O. The van der Waals surface area contributed by atoms with Gasteiger partial charge in [0.1, 0.15) is 11.5 Å². The Morgan fingerprint density at radius 1 is 1.18 bits per heavy atom. The van der Waals surface area contributed by atoms with Crippen LogP contribution >= 0.6 is 0 Å². The fraction of sp³-hybridized carbons (Fsp3) is 0.286. The summed E-state index contributed by atoms with van der Waals surface area (Å²) in [6.45, 7) is 1.88. The van der Waals surface area contributed by atoms with Gasteiger partial charge in [0, 0.05) is 30.1 Å². The third-order valence-corrected chi connectivity index (χ3v) is 5.68. The van der Waals surface area contributed by atoms with E-state index in [1.165, 1.54) is 19.2 Å². The molecule has 5 rings (SSSR count). The maximum atomic E-state index is 14.7. The summed E-state index contributed by atoms with van der Waals surface area (Å²) in [4.78, 5) is 4.27. The van der Waals surface area contributed by atoms with Crippen LogP contribution in [0.2, 0.25) is 0 Å². The van der Waals surface area contributed by atoms with Gasteiger partial charge in [-0.15, -0.1) is 5.10 Å². The summed E-state index contributed by atoms with van der Waals surface area (Å²) < 4.78 is 36.8. The number of rotatable bonds is 5. The molecule has 1 fully saturated rings. The molecule has 12 heteroatoms. The van der Waals surface area contributed by atoms with Crippen LogP contribution in [-0.2, 0) is 0 Å².